The summed E-state index contributed by atoms with van der Waals surface area (Å²) in [6.45, 7) is 0.178. The van der Waals surface area contributed by atoms with Crippen LogP contribution >= 0.6 is 46.7 Å². The van der Waals surface area contributed by atoms with Crippen molar-refractivity contribution >= 4 is 52.6 Å². The topological polar surface area (TPSA) is 59.8 Å². The van der Waals surface area contributed by atoms with Gasteiger partial charge in [0.05, 0.1) is 23.0 Å². The molecule has 0 radical (unpaired) electrons. The molecule has 0 aliphatic rings. The van der Waals surface area contributed by atoms with E-state index in [-0.39, 0.29) is 24.0 Å². The fourth-order valence-corrected chi connectivity index (χ4v) is 5.20. The highest BCUT2D eigenvalue weighted by Gasteiger charge is 2.18. The molecule has 0 atom stereocenters. The summed E-state index contributed by atoms with van der Waals surface area (Å²) in [6, 6.07) is 21.2. The quantitative estimate of drug-likeness (QED) is 0.252. The van der Waals surface area contributed by atoms with Crippen LogP contribution in [0, 0.1) is 5.82 Å². The fourth-order valence-electron chi connectivity index (χ4n) is 3.04. The largest absolute Gasteiger partial charge is 0.348 e. The van der Waals surface area contributed by atoms with Crippen LogP contribution in [-0.2, 0) is 17.1 Å². The number of aromatic nitrogens is 3. The van der Waals surface area contributed by atoms with Crippen molar-refractivity contribution in [2.24, 2.45) is 0 Å². The van der Waals surface area contributed by atoms with Crippen molar-refractivity contribution in [3.8, 4) is 5.69 Å². The summed E-state index contributed by atoms with van der Waals surface area (Å²) in [6.07, 6.45) is 0. The zero-order chi connectivity index (χ0) is 23.9. The predicted octanol–water partition coefficient (Wildman–Crippen LogP) is 6.41. The van der Waals surface area contributed by atoms with E-state index in [2.05, 4.69) is 15.5 Å². The number of hydrogen-bond acceptors (Lipinski definition) is 5. The van der Waals surface area contributed by atoms with E-state index >= 15 is 0 Å². The maximum Gasteiger partial charge on any atom is 0.230 e. The Labute approximate surface area is 215 Å². The molecule has 5 nitrogen and oxygen atoms in total. The van der Waals surface area contributed by atoms with Crippen LogP contribution in [0.3, 0.4) is 0 Å². The SMILES string of the molecule is O=C(CSc1ccccc1)NCc1nnc(SCc2ccc(F)cc2)n1-c1ccc(Cl)cc1Cl. The van der Waals surface area contributed by atoms with E-state index in [0.717, 1.165) is 10.5 Å². The van der Waals surface area contributed by atoms with Crippen LogP contribution in [0.25, 0.3) is 5.69 Å². The summed E-state index contributed by atoms with van der Waals surface area (Å²) in [7, 11) is 0. The van der Waals surface area contributed by atoms with E-state index in [1.54, 1.807) is 34.9 Å². The van der Waals surface area contributed by atoms with Crippen molar-refractivity contribution in [3.05, 3.63) is 100 Å². The standard InChI is InChI=1S/C24H19Cl2FN4OS2/c25-17-8-11-21(20(26)12-17)31-22(13-28-23(32)15-33-19-4-2-1-3-5-19)29-30-24(31)34-14-16-6-9-18(27)10-7-16/h1-12H,13-15H2,(H,28,32). The average molecular weight is 533 g/mol. The van der Waals surface area contributed by atoms with Gasteiger partial charge in [-0.15, -0.1) is 22.0 Å². The van der Waals surface area contributed by atoms with E-state index in [1.807, 2.05) is 30.3 Å². The first-order valence-electron chi connectivity index (χ1n) is 10.2. The second-order valence-corrected chi connectivity index (χ2v) is 9.96. The van der Waals surface area contributed by atoms with Crippen molar-refractivity contribution in [2.45, 2.75) is 22.3 Å². The highest BCUT2D eigenvalue weighted by Crippen LogP contribution is 2.30. The number of nitrogens with one attached hydrogen (secondary N) is 1. The average Bonchev–Trinajstić information content (AvgIpc) is 3.24. The maximum absolute atomic E-state index is 13.2. The van der Waals surface area contributed by atoms with Gasteiger partial charge in [0.15, 0.2) is 11.0 Å². The lowest BCUT2D eigenvalue weighted by molar-refractivity contribution is -0.118. The minimum Gasteiger partial charge on any atom is -0.348 e. The number of rotatable bonds is 9. The van der Waals surface area contributed by atoms with E-state index in [0.29, 0.717) is 32.5 Å². The molecular formula is C24H19Cl2FN4OS2. The number of carbonyl (C=O) groups is 1. The van der Waals surface area contributed by atoms with Gasteiger partial charge in [0.25, 0.3) is 0 Å². The first kappa shape index (κ1) is 24.6. The van der Waals surface area contributed by atoms with E-state index in [9.17, 15) is 9.18 Å². The van der Waals surface area contributed by atoms with Gasteiger partial charge in [-0.05, 0) is 48.0 Å². The van der Waals surface area contributed by atoms with E-state index in [1.165, 1.54) is 35.7 Å². The highest BCUT2D eigenvalue weighted by molar-refractivity contribution is 8.00. The molecule has 1 aromatic heterocycles. The monoisotopic (exact) mass is 532 g/mol. The van der Waals surface area contributed by atoms with Gasteiger partial charge in [-0.2, -0.15) is 0 Å². The molecule has 0 fully saturated rings. The first-order chi connectivity index (χ1) is 16.5. The van der Waals surface area contributed by atoms with Crippen LogP contribution in [0.1, 0.15) is 11.4 Å². The molecule has 4 aromatic rings. The molecule has 4 rings (SSSR count). The molecule has 3 aromatic carbocycles. The second kappa shape index (κ2) is 11.8. The Morgan fingerprint density at radius 1 is 0.971 bits per heavy atom. The third-order valence-corrected chi connectivity index (χ3v) is 7.24. The number of thioether (sulfide) groups is 2. The molecule has 1 heterocycles. The Morgan fingerprint density at radius 3 is 2.47 bits per heavy atom. The van der Waals surface area contributed by atoms with Crippen molar-refractivity contribution in [1.82, 2.24) is 20.1 Å². The number of carbonyl (C=O) groups excluding carboxylic acids is 1. The van der Waals surface area contributed by atoms with Gasteiger partial charge in [-0.1, -0.05) is 65.3 Å². The molecule has 10 heteroatoms. The number of benzene rings is 3. The fraction of sp³-hybridized carbons (Fsp3) is 0.125. The summed E-state index contributed by atoms with van der Waals surface area (Å²) >= 11 is 15.5. The minimum absolute atomic E-state index is 0.119. The number of nitrogens with zero attached hydrogens (tertiary/aromatic N) is 3. The van der Waals surface area contributed by atoms with Crippen LogP contribution in [0.15, 0.2) is 82.8 Å². The van der Waals surface area contributed by atoms with Gasteiger partial charge in [-0.3, -0.25) is 9.36 Å². The molecule has 0 unspecified atom stereocenters. The summed E-state index contributed by atoms with van der Waals surface area (Å²) in [5.74, 6) is 0.971. The zero-order valence-electron chi connectivity index (χ0n) is 17.7. The Hall–Kier alpha value is -2.52. The summed E-state index contributed by atoms with van der Waals surface area (Å²) < 4.78 is 15.0. The van der Waals surface area contributed by atoms with E-state index < -0.39 is 0 Å². The van der Waals surface area contributed by atoms with Crippen molar-refractivity contribution in [3.63, 3.8) is 0 Å². The molecule has 1 N–H and O–H groups in total. The Bertz CT molecular complexity index is 1270. The highest BCUT2D eigenvalue weighted by atomic mass is 35.5. The molecule has 34 heavy (non-hydrogen) atoms. The smallest absolute Gasteiger partial charge is 0.230 e. The number of hydrogen-bond donors (Lipinski definition) is 1. The van der Waals surface area contributed by atoms with Crippen LogP contribution in [0.4, 0.5) is 4.39 Å². The van der Waals surface area contributed by atoms with Gasteiger partial charge in [0.2, 0.25) is 5.91 Å². The van der Waals surface area contributed by atoms with Gasteiger partial charge in [0.1, 0.15) is 5.82 Å². The van der Waals surface area contributed by atoms with E-state index in [4.69, 9.17) is 23.2 Å². The summed E-state index contributed by atoms with van der Waals surface area (Å²) in [4.78, 5) is 13.4. The van der Waals surface area contributed by atoms with Crippen LogP contribution in [0.2, 0.25) is 10.0 Å². The molecule has 1 amide bonds. The molecule has 0 aliphatic carbocycles. The summed E-state index contributed by atoms with van der Waals surface area (Å²) in [5.41, 5.74) is 1.59. The summed E-state index contributed by atoms with van der Waals surface area (Å²) in [5, 5.41) is 13.0. The van der Waals surface area contributed by atoms with Crippen LogP contribution in [-0.4, -0.2) is 26.4 Å². The minimum atomic E-state index is -0.284. The predicted molar refractivity (Wildman–Crippen MR) is 136 cm³/mol. The molecule has 174 valence electrons. The maximum atomic E-state index is 13.2. The van der Waals surface area contributed by atoms with Crippen molar-refractivity contribution in [1.29, 1.82) is 0 Å². The lowest BCUT2D eigenvalue weighted by Gasteiger charge is -2.13. The molecule has 0 saturated heterocycles. The number of amides is 1. The van der Waals surface area contributed by atoms with Gasteiger partial charge in [0, 0.05) is 15.7 Å². The molecule has 0 bridgehead atoms. The second-order valence-electron chi connectivity index (χ2n) is 7.12. The Balaban J connectivity index is 1.50. The lowest BCUT2D eigenvalue weighted by Crippen LogP contribution is -2.26. The van der Waals surface area contributed by atoms with Gasteiger partial charge in [-0.25, -0.2) is 4.39 Å². The normalized spacial score (nSPS) is 10.9. The first-order valence-corrected chi connectivity index (χ1v) is 12.9. The van der Waals surface area contributed by atoms with Crippen molar-refractivity contribution in [2.75, 3.05) is 5.75 Å². The van der Waals surface area contributed by atoms with Crippen molar-refractivity contribution < 1.29 is 9.18 Å². The Kier molecular flexibility index (Phi) is 8.50. The van der Waals surface area contributed by atoms with Gasteiger partial charge >= 0.3 is 0 Å². The lowest BCUT2D eigenvalue weighted by atomic mass is 10.2. The Morgan fingerprint density at radius 2 is 1.74 bits per heavy atom. The molecule has 0 spiro atoms. The van der Waals surface area contributed by atoms with Gasteiger partial charge < -0.3 is 5.32 Å². The van der Waals surface area contributed by atoms with Crippen LogP contribution in [0.5, 0.6) is 0 Å². The molecule has 0 aliphatic heterocycles. The van der Waals surface area contributed by atoms with Crippen LogP contribution < -0.4 is 5.32 Å². The third-order valence-electron chi connectivity index (χ3n) is 4.69. The zero-order valence-corrected chi connectivity index (χ0v) is 20.9. The third kappa shape index (κ3) is 6.54. The number of halogens is 3. The molecular weight excluding hydrogens is 514 g/mol. The molecule has 0 saturated carbocycles.